The number of aromatic nitrogens is 2. The molecule has 0 unspecified atom stereocenters. The van der Waals surface area contributed by atoms with Gasteiger partial charge in [-0.2, -0.15) is 0 Å². The van der Waals surface area contributed by atoms with Crippen molar-refractivity contribution in [2.45, 2.75) is 0 Å². The van der Waals surface area contributed by atoms with Gasteiger partial charge in [0.25, 0.3) is 0 Å². The molecule has 0 fully saturated rings. The molecule has 5 heteroatoms. The van der Waals surface area contributed by atoms with Gasteiger partial charge in [0.05, 0.1) is 12.8 Å². The Balaban J connectivity index is 2.54. The zero-order chi connectivity index (χ0) is 11.5. The van der Waals surface area contributed by atoms with Crippen molar-refractivity contribution >= 4 is 0 Å². The fraction of sp³-hybridized carbons (Fsp3) is 0.0909. The van der Waals surface area contributed by atoms with E-state index >= 15 is 0 Å². The number of rotatable bonds is 2. The molecule has 0 bridgehead atoms. The van der Waals surface area contributed by atoms with Crippen molar-refractivity contribution in [3.63, 3.8) is 0 Å². The van der Waals surface area contributed by atoms with Crippen molar-refractivity contribution in [1.82, 2.24) is 9.97 Å². The average molecular weight is 222 g/mol. The van der Waals surface area contributed by atoms with E-state index in [4.69, 9.17) is 4.74 Å². The zero-order valence-electron chi connectivity index (χ0n) is 8.45. The Kier molecular flexibility index (Phi) is 2.76. The predicted molar refractivity (Wildman–Crippen MR) is 53.9 cm³/mol. The summed E-state index contributed by atoms with van der Waals surface area (Å²) in [5.41, 5.74) is 0.365. The molecule has 2 rings (SSSR count). The highest BCUT2D eigenvalue weighted by atomic mass is 19.2. The van der Waals surface area contributed by atoms with Crippen LogP contribution in [0.3, 0.4) is 0 Å². The fourth-order valence-electron chi connectivity index (χ4n) is 1.30. The highest BCUT2D eigenvalue weighted by Gasteiger charge is 2.11. The van der Waals surface area contributed by atoms with Crippen LogP contribution in [-0.2, 0) is 0 Å². The summed E-state index contributed by atoms with van der Waals surface area (Å²) in [5.74, 6) is -1.54. The molecule has 1 heterocycles. The molecule has 0 amide bonds. The Morgan fingerprint density at radius 1 is 1.19 bits per heavy atom. The second-order valence-corrected chi connectivity index (χ2v) is 3.05. The van der Waals surface area contributed by atoms with Gasteiger partial charge in [-0.15, -0.1) is 0 Å². The molecule has 0 atom stereocenters. The summed E-state index contributed by atoms with van der Waals surface area (Å²) in [6.07, 6.45) is 1.23. The fourth-order valence-corrected chi connectivity index (χ4v) is 1.30. The Morgan fingerprint density at radius 3 is 2.75 bits per heavy atom. The summed E-state index contributed by atoms with van der Waals surface area (Å²) in [6.45, 7) is 0. The second kappa shape index (κ2) is 4.22. The van der Waals surface area contributed by atoms with E-state index in [0.29, 0.717) is 5.88 Å². The van der Waals surface area contributed by atoms with Gasteiger partial charge in [-0.25, -0.2) is 18.7 Å². The number of methoxy groups -OCH3 is 1. The summed E-state index contributed by atoms with van der Waals surface area (Å²) >= 11 is 0. The van der Waals surface area contributed by atoms with Crippen molar-refractivity contribution in [2.75, 3.05) is 7.11 Å². The molecular formula is C11H8F2N2O. The van der Waals surface area contributed by atoms with E-state index in [1.807, 2.05) is 0 Å². The molecule has 0 saturated carbocycles. The lowest BCUT2D eigenvalue weighted by Gasteiger charge is -2.04. The largest absolute Gasteiger partial charge is 0.481 e. The lowest BCUT2D eigenvalue weighted by Crippen LogP contribution is -1.94. The molecule has 1 aromatic heterocycles. The van der Waals surface area contributed by atoms with Crippen LogP contribution in [0.2, 0.25) is 0 Å². The molecule has 0 aliphatic carbocycles. The van der Waals surface area contributed by atoms with E-state index in [1.165, 1.54) is 31.6 Å². The van der Waals surface area contributed by atoms with E-state index < -0.39 is 11.6 Å². The molecule has 0 saturated heterocycles. The van der Waals surface area contributed by atoms with Gasteiger partial charge in [-0.1, -0.05) is 6.07 Å². The monoisotopic (exact) mass is 222 g/mol. The van der Waals surface area contributed by atoms with E-state index in [-0.39, 0.29) is 11.3 Å². The van der Waals surface area contributed by atoms with Crippen molar-refractivity contribution in [3.05, 3.63) is 42.2 Å². The Hall–Kier alpha value is -2.04. The lowest BCUT2D eigenvalue weighted by atomic mass is 10.1. The molecule has 0 N–H and O–H groups in total. The number of halogens is 2. The van der Waals surface area contributed by atoms with E-state index in [1.54, 1.807) is 0 Å². The molecule has 1 aromatic carbocycles. The molecule has 0 aliphatic rings. The number of hydrogen-bond donors (Lipinski definition) is 0. The maximum absolute atomic E-state index is 13.4. The Morgan fingerprint density at radius 2 is 2.00 bits per heavy atom. The number of benzene rings is 1. The van der Waals surface area contributed by atoms with Gasteiger partial charge in [0.2, 0.25) is 5.88 Å². The number of nitrogens with zero attached hydrogens (tertiary/aromatic N) is 2. The highest BCUT2D eigenvalue weighted by molar-refractivity contribution is 5.60. The van der Waals surface area contributed by atoms with E-state index in [0.717, 1.165) is 6.07 Å². The van der Waals surface area contributed by atoms with Crippen LogP contribution < -0.4 is 4.74 Å². The third-order valence-corrected chi connectivity index (χ3v) is 2.08. The van der Waals surface area contributed by atoms with Gasteiger partial charge in [-0.3, -0.25) is 0 Å². The smallest absolute Gasteiger partial charge is 0.216 e. The van der Waals surface area contributed by atoms with Crippen molar-refractivity contribution in [2.24, 2.45) is 0 Å². The summed E-state index contributed by atoms with van der Waals surface area (Å²) < 4.78 is 31.3. The maximum atomic E-state index is 13.4. The average Bonchev–Trinajstić information content (AvgIpc) is 2.33. The maximum Gasteiger partial charge on any atom is 0.216 e. The van der Waals surface area contributed by atoms with Crippen LogP contribution in [0.5, 0.6) is 5.88 Å². The van der Waals surface area contributed by atoms with Gasteiger partial charge in [0.1, 0.15) is 6.33 Å². The Bertz CT molecular complexity index is 517. The molecule has 0 spiro atoms. The lowest BCUT2D eigenvalue weighted by molar-refractivity contribution is 0.397. The first-order valence-corrected chi connectivity index (χ1v) is 4.53. The minimum atomic E-state index is -0.928. The molecule has 0 radical (unpaired) electrons. The molecule has 3 nitrogen and oxygen atoms in total. The van der Waals surface area contributed by atoms with Crippen LogP contribution in [0.25, 0.3) is 11.3 Å². The molecule has 0 aliphatic heterocycles. The third-order valence-electron chi connectivity index (χ3n) is 2.08. The molecular weight excluding hydrogens is 214 g/mol. The van der Waals surface area contributed by atoms with Gasteiger partial charge in [0.15, 0.2) is 11.6 Å². The van der Waals surface area contributed by atoms with Crippen LogP contribution in [-0.4, -0.2) is 17.1 Å². The predicted octanol–water partition coefficient (Wildman–Crippen LogP) is 2.43. The minimum absolute atomic E-state index is 0.0840. The Labute approximate surface area is 90.7 Å². The topological polar surface area (TPSA) is 35.0 Å². The van der Waals surface area contributed by atoms with Gasteiger partial charge in [0, 0.05) is 11.6 Å². The van der Waals surface area contributed by atoms with Crippen molar-refractivity contribution < 1.29 is 13.5 Å². The summed E-state index contributed by atoms with van der Waals surface area (Å²) in [6, 6.07) is 5.36. The van der Waals surface area contributed by atoms with Crippen molar-refractivity contribution in [3.8, 4) is 17.1 Å². The van der Waals surface area contributed by atoms with Gasteiger partial charge in [-0.05, 0) is 12.1 Å². The molecule has 16 heavy (non-hydrogen) atoms. The number of hydrogen-bond acceptors (Lipinski definition) is 3. The van der Waals surface area contributed by atoms with Gasteiger partial charge < -0.3 is 4.74 Å². The SMILES string of the molecule is COc1cc(-c2cccc(F)c2F)ncn1. The summed E-state index contributed by atoms with van der Waals surface area (Å²) in [7, 11) is 1.44. The zero-order valence-corrected chi connectivity index (χ0v) is 8.45. The van der Waals surface area contributed by atoms with Crippen LogP contribution in [0.1, 0.15) is 0 Å². The van der Waals surface area contributed by atoms with Crippen LogP contribution in [0.15, 0.2) is 30.6 Å². The normalized spacial score (nSPS) is 10.2. The third kappa shape index (κ3) is 1.84. The first kappa shape index (κ1) is 10.5. The van der Waals surface area contributed by atoms with Crippen LogP contribution in [0, 0.1) is 11.6 Å². The standard InChI is InChI=1S/C11H8F2N2O/c1-16-10-5-9(14-6-15-10)7-3-2-4-8(12)11(7)13/h2-6H,1H3. The molecule has 82 valence electrons. The van der Waals surface area contributed by atoms with Crippen LogP contribution >= 0.6 is 0 Å². The summed E-state index contributed by atoms with van der Waals surface area (Å²) in [4.78, 5) is 7.65. The minimum Gasteiger partial charge on any atom is -0.481 e. The van der Waals surface area contributed by atoms with Crippen LogP contribution in [0.4, 0.5) is 8.78 Å². The van der Waals surface area contributed by atoms with E-state index in [9.17, 15) is 8.78 Å². The highest BCUT2D eigenvalue weighted by Crippen LogP contribution is 2.23. The first-order chi connectivity index (χ1) is 7.72. The van der Waals surface area contributed by atoms with Gasteiger partial charge >= 0.3 is 0 Å². The summed E-state index contributed by atoms with van der Waals surface area (Å²) in [5, 5.41) is 0. The number of ether oxygens (including phenoxy) is 1. The first-order valence-electron chi connectivity index (χ1n) is 4.53. The van der Waals surface area contributed by atoms with Crippen molar-refractivity contribution in [1.29, 1.82) is 0 Å². The quantitative estimate of drug-likeness (QED) is 0.782. The molecule has 2 aromatic rings. The second-order valence-electron chi connectivity index (χ2n) is 3.05. The van der Waals surface area contributed by atoms with E-state index in [2.05, 4.69) is 9.97 Å².